The van der Waals surface area contributed by atoms with Crippen LogP contribution in [0.4, 0.5) is 18.0 Å². The maximum Gasteiger partial charge on any atom is 0.405 e. The molecule has 0 saturated carbocycles. The van der Waals surface area contributed by atoms with Gasteiger partial charge in [-0.15, -0.1) is 0 Å². The topological polar surface area (TPSA) is 78.9 Å². The third kappa shape index (κ3) is 8.31. The standard InChI is InChI=1S/C8H13F3N2O4/c1-17-3-2-13(4-6(14)15)7(16)12-5-8(9,10)11/h2-5H2,1H3,(H,12,16)(H,14,15). The molecular weight excluding hydrogens is 245 g/mol. The van der Waals surface area contributed by atoms with Crippen LogP contribution in [0.15, 0.2) is 0 Å². The van der Waals surface area contributed by atoms with Crippen molar-refractivity contribution in [2.45, 2.75) is 6.18 Å². The fourth-order valence-corrected chi connectivity index (χ4v) is 0.905. The first-order chi connectivity index (χ1) is 7.76. The van der Waals surface area contributed by atoms with Gasteiger partial charge in [-0.3, -0.25) is 4.79 Å². The number of carboxylic acids is 1. The molecule has 0 atom stereocenters. The minimum absolute atomic E-state index is 0.0344. The fraction of sp³-hybridized carbons (Fsp3) is 0.750. The molecule has 0 aromatic carbocycles. The van der Waals surface area contributed by atoms with Gasteiger partial charge in [0.05, 0.1) is 6.61 Å². The van der Waals surface area contributed by atoms with Crippen molar-refractivity contribution in [3.63, 3.8) is 0 Å². The van der Waals surface area contributed by atoms with E-state index in [9.17, 15) is 22.8 Å². The Morgan fingerprint density at radius 1 is 1.41 bits per heavy atom. The molecule has 6 nitrogen and oxygen atoms in total. The van der Waals surface area contributed by atoms with E-state index in [1.165, 1.54) is 7.11 Å². The molecule has 0 aliphatic carbocycles. The number of aliphatic carboxylic acids is 1. The van der Waals surface area contributed by atoms with Crippen molar-refractivity contribution in [2.75, 3.05) is 33.4 Å². The Morgan fingerprint density at radius 2 is 2.00 bits per heavy atom. The highest BCUT2D eigenvalue weighted by Gasteiger charge is 2.29. The van der Waals surface area contributed by atoms with Crippen LogP contribution in [0.1, 0.15) is 0 Å². The van der Waals surface area contributed by atoms with E-state index < -0.39 is 31.3 Å². The van der Waals surface area contributed by atoms with Gasteiger partial charge >= 0.3 is 18.2 Å². The lowest BCUT2D eigenvalue weighted by Gasteiger charge is -2.21. The summed E-state index contributed by atoms with van der Waals surface area (Å²) < 4.78 is 40.1. The van der Waals surface area contributed by atoms with Crippen LogP contribution in [0, 0.1) is 0 Å². The minimum atomic E-state index is -4.54. The van der Waals surface area contributed by atoms with Gasteiger partial charge in [-0.25, -0.2) is 4.79 Å². The van der Waals surface area contributed by atoms with E-state index in [0.29, 0.717) is 0 Å². The number of carboxylic acid groups (broad SMARTS) is 1. The van der Waals surface area contributed by atoms with Gasteiger partial charge in [-0.05, 0) is 0 Å². The zero-order valence-corrected chi connectivity index (χ0v) is 9.08. The van der Waals surface area contributed by atoms with Crippen LogP contribution in [0.5, 0.6) is 0 Å². The molecule has 2 amide bonds. The summed E-state index contributed by atoms with van der Waals surface area (Å²) in [5.41, 5.74) is 0. The van der Waals surface area contributed by atoms with E-state index in [1.54, 1.807) is 5.32 Å². The molecule has 0 rings (SSSR count). The maximum absolute atomic E-state index is 11.8. The Hall–Kier alpha value is -1.51. The molecule has 17 heavy (non-hydrogen) atoms. The SMILES string of the molecule is COCCN(CC(=O)O)C(=O)NCC(F)(F)F. The van der Waals surface area contributed by atoms with Crippen molar-refractivity contribution in [3.05, 3.63) is 0 Å². The Bertz CT molecular complexity index is 270. The number of methoxy groups -OCH3 is 1. The first-order valence-electron chi connectivity index (χ1n) is 4.56. The van der Waals surface area contributed by atoms with E-state index >= 15 is 0 Å². The van der Waals surface area contributed by atoms with Crippen LogP contribution >= 0.6 is 0 Å². The molecule has 0 saturated heterocycles. The summed E-state index contributed by atoms with van der Waals surface area (Å²) in [6, 6.07) is -1.10. The number of alkyl halides is 3. The molecule has 0 spiro atoms. The third-order valence-electron chi connectivity index (χ3n) is 1.62. The highest BCUT2D eigenvalue weighted by Crippen LogP contribution is 2.12. The first-order valence-corrected chi connectivity index (χ1v) is 4.56. The lowest BCUT2D eigenvalue weighted by Crippen LogP contribution is -2.46. The first kappa shape index (κ1) is 15.5. The lowest BCUT2D eigenvalue weighted by atomic mass is 10.5. The number of amides is 2. The second-order valence-electron chi connectivity index (χ2n) is 3.08. The molecule has 0 aromatic heterocycles. The second-order valence-corrected chi connectivity index (χ2v) is 3.08. The van der Waals surface area contributed by atoms with E-state index in [0.717, 1.165) is 4.90 Å². The summed E-state index contributed by atoms with van der Waals surface area (Å²) in [4.78, 5) is 22.3. The molecule has 0 heterocycles. The zero-order chi connectivity index (χ0) is 13.5. The minimum Gasteiger partial charge on any atom is -0.480 e. The predicted molar refractivity (Wildman–Crippen MR) is 50.5 cm³/mol. The number of hydrogen-bond acceptors (Lipinski definition) is 3. The summed E-state index contributed by atoms with van der Waals surface area (Å²) in [7, 11) is 1.33. The smallest absolute Gasteiger partial charge is 0.405 e. The van der Waals surface area contributed by atoms with Crippen LogP contribution in [-0.2, 0) is 9.53 Å². The Labute approximate surface area is 95.3 Å². The molecule has 0 radical (unpaired) electrons. The highest BCUT2D eigenvalue weighted by atomic mass is 19.4. The van der Waals surface area contributed by atoms with Gasteiger partial charge in [-0.2, -0.15) is 13.2 Å². The number of urea groups is 1. The number of ether oxygens (including phenoxy) is 1. The van der Waals surface area contributed by atoms with Gasteiger partial charge < -0.3 is 20.1 Å². The third-order valence-corrected chi connectivity index (χ3v) is 1.62. The van der Waals surface area contributed by atoms with Crippen molar-refractivity contribution < 1.29 is 32.6 Å². The maximum atomic E-state index is 11.8. The molecule has 0 aliphatic heterocycles. The van der Waals surface area contributed by atoms with Crippen molar-refractivity contribution in [3.8, 4) is 0 Å². The second kappa shape index (κ2) is 6.94. The van der Waals surface area contributed by atoms with Crippen LogP contribution in [0.25, 0.3) is 0 Å². The van der Waals surface area contributed by atoms with Gasteiger partial charge in [0.1, 0.15) is 13.1 Å². The van der Waals surface area contributed by atoms with Crippen LogP contribution in [0.3, 0.4) is 0 Å². The summed E-state index contributed by atoms with van der Waals surface area (Å²) >= 11 is 0. The number of carbonyl (C=O) groups is 2. The van der Waals surface area contributed by atoms with Crippen molar-refractivity contribution in [1.82, 2.24) is 10.2 Å². The quantitative estimate of drug-likeness (QED) is 0.717. The summed E-state index contributed by atoms with van der Waals surface area (Å²) in [5.74, 6) is -1.32. The van der Waals surface area contributed by atoms with Crippen molar-refractivity contribution >= 4 is 12.0 Å². The van der Waals surface area contributed by atoms with E-state index in [4.69, 9.17) is 5.11 Å². The summed E-state index contributed by atoms with van der Waals surface area (Å²) in [6.45, 7) is -2.26. The van der Waals surface area contributed by atoms with E-state index in [1.807, 2.05) is 0 Å². The van der Waals surface area contributed by atoms with Gasteiger partial charge in [0.15, 0.2) is 0 Å². The van der Waals surface area contributed by atoms with E-state index in [2.05, 4.69) is 4.74 Å². The molecule has 0 aliphatic rings. The average molecular weight is 258 g/mol. The Morgan fingerprint density at radius 3 is 2.41 bits per heavy atom. The Kier molecular flexibility index (Phi) is 6.33. The van der Waals surface area contributed by atoms with Crippen LogP contribution in [0.2, 0.25) is 0 Å². The molecule has 100 valence electrons. The molecule has 9 heteroatoms. The summed E-state index contributed by atoms with van der Waals surface area (Å²) in [5, 5.41) is 10.1. The van der Waals surface area contributed by atoms with Gasteiger partial charge in [0.25, 0.3) is 0 Å². The molecule has 2 N–H and O–H groups in total. The van der Waals surface area contributed by atoms with Gasteiger partial charge in [0, 0.05) is 13.7 Å². The van der Waals surface area contributed by atoms with Crippen LogP contribution in [-0.4, -0.2) is 61.5 Å². The number of rotatable bonds is 6. The van der Waals surface area contributed by atoms with Crippen molar-refractivity contribution in [2.24, 2.45) is 0 Å². The van der Waals surface area contributed by atoms with Crippen molar-refractivity contribution in [1.29, 1.82) is 0 Å². The lowest BCUT2D eigenvalue weighted by molar-refractivity contribution is -0.137. The number of halogens is 3. The monoisotopic (exact) mass is 258 g/mol. The molecule has 0 fully saturated rings. The molecule has 0 aromatic rings. The number of nitrogens with zero attached hydrogens (tertiary/aromatic N) is 1. The fourth-order valence-electron chi connectivity index (χ4n) is 0.905. The van der Waals surface area contributed by atoms with Crippen LogP contribution < -0.4 is 5.32 Å². The summed E-state index contributed by atoms with van der Waals surface area (Å²) in [6.07, 6.45) is -4.54. The van der Waals surface area contributed by atoms with Gasteiger partial charge in [0.2, 0.25) is 0 Å². The normalized spacial score (nSPS) is 11.1. The molecule has 0 unspecified atom stereocenters. The number of carbonyl (C=O) groups excluding carboxylic acids is 1. The highest BCUT2D eigenvalue weighted by molar-refractivity contribution is 5.80. The molecule has 0 bridgehead atoms. The number of nitrogens with one attached hydrogen (secondary N) is 1. The Balaban J connectivity index is 4.26. The predicted octanol–water partition coefficient (Wildman–Crippen LogP) is 0.291. The zero-order valence-electron chi connectivity index (χ0n) is 9.08. The van der Waals surface area contributed by atoms with Gasteiger partial charge in [-0.1, -0.05) is 0 Å². The van der Waals surface area contributed by atoms with E-state index in [-0.39, 0.29) is 13.2 Å². The number of hydrogen-bond donors (Lipinski definition) is 2. The average Bonchev–Trinajstić information content (AvgIpc) is 2.19. The largest absolute Gasteiger partial charge is 0.480 e. The molecular formula is C8H13F3N2O4.